The normalized spacial score (nSPS) is 17.9. The SMILES string of the molecule is Cc1ccc(C2C=C(C(F)(F)F)NC(=O)N2S(=O)(=O)c2ccc(C)cc2)cc1. The zero-order valence-corrected chi connectivity index (χ0v) is 15.8. The molecule has 1 aliphatic heterocycles. The van der Waals surface area contributed by atoms with E-state index < -0.39 is 34.0 Å². The lowest BCUT2D eigenvalue weighted by molar-refractivity contribution is -0.0970. The van der Waals surface area contributed by atoms with Gasteiger partial charge in [-0.3, -0.25) is 0 Å². The molecule has 0 radical (unpaired) electrons. The zero-order valence-electron chi connectivity index (χ0n) is 15.0. The van der Waals surface area contributed by atoms with Gasteiger partial charge in [0, 0.05) is 0 Å². The Hall–Kier alpha value is -2.81. The van der Waals surface area contributed by atoms with Crippen LogP contribution in [-0.2, 0) is 10.0 Å². The molecule has 2 amide bonds. The fraction of sp³-hybridized carbons (Fsp3) is 0.211. The highest BCUT2D eigenvalue weighted by atomic mass is 32.2. The number of allylic oxidation sites excluding steroid dienone is 1. The summed E-state index contributed by atoms with van der Waals surface area (Å²) in [7, 11) is -4.39. The Morgan fingerprint density at radius 3 is 1.93 bits per heavy atom. The first-order valence-electron chi connectivity index (χ1n) is 8.28. The zero-order chi connectivity index (χ0) is 20.7. The van der Waals surface area contributed by atoms with Crippen LogP contribution in [0.25, 0.3) is 0 Å². The molecule has 2 aromatic carbocycles. The molecule has 1 aliphatic rings. The molecule has 1 heterocycles. The summed E-state index contributed by atoms with van der Waals surface area (Å²) in [4.78, 5) is 12.3. The molecular weight excluding hydrogens is 393 g/mol. The average Bonchev–Trinajstić information content (AvgIpc) is 2.61. The van der Waals surface area contributed by atoms with E-state index in [0.29, 0.717) is 10.4 Å². The summed E-state index contributed by atoms with van der Waals surface area (Å²) in [6.45, 7) is 3.55. The van der Waals surface area contributed by atoms with Gasteiger partial charge in [-0.2, -0.15) is 13.2 Å². The second kappa shape index (κ2) is 6.97. The van der Waals surface area contributed by atoms with Crippen LogP contribution < -0.4 is 5.32 Å². The molecule has 0 spiro atoms. The van der Waals surface area contributed by atoms with Crippen molar-refractivity contribution in [3.8, 4) is 0 Å². The average molecular weight is 410 g/mol. The van der Waals surface area contributed by atoms with E-state index in [0.717, 1.165) is 11.1 Å². The Morgan fingerprint density at radius 1 is 0.929 bits per heavy atom. The monoisotopic (exact) mass is 410 g/mol. The molecule has 2 aromatic rings. The highest BCUT2D eigenvalue weighted by molar-refractivity contribution is 7.89. The predicted octanol–water partition coefficient (Wildman–Crippen LogP) is 4.20. The molecule has 0 fully saturated rings. The Bertz CT molecular complexity index is 1030. The number of sulfonamides is 1. The number of amides is 2. The Balaban J connectivity index is 2.16. The van der Waals surface area contributed by atoms with Gasteiger partial charge in [0.25, 0.3) is 10.0 Å². The second-order valence-electron chi connectivity index (χ2n) is 6.48. The lowest BCUT2D eigenvalue weighted by Crippen LogP contribution is -2.50. The lowest BCUT2D eigenvalue weighted by atomic mass is 10.0. The Morgan fingerprint density at radius 2 is 1.43 bits per heavy atom. The van der Waals surface area contributed by atoms with Crippen LogP contribution >= 0.6 is 0 Å². The summed E-state index contributed by atoms with van der Waals surface area (Å²) in [6.07, 6.45) is -4.11. The summed E-state index contributed by atoms with van der Waals surface area (Å²) < 4.78 is 66.2. The smallest absolute Gasteiger partial charge is 0.303 e. The second-order valence-corrected chi connectivity index (χ2v) is 8.29. The third-order valence-corrected chi connectivity index (χ3v) is 6.10. The van der Waals surface area contributed by atoms with Crippen molar-refractivity contribution in [3.05, 3.63) is 77.0 Å². The molecule has 0 aromatic heterocycles. The first-order chi connectivity index (χ1) is 13.0. The van der Waals surface area contributed by atoms with E-state index >= 15 is 0 Å². The number of aryl methyl sites for hydroxylation is 2. The molecule has 0 saturated carbocycles. The summed E-state index contributed by atoms with van der Waals surface area (Å²) >= 11 is 0. The lowest BCUT2D eigenvalue weighted by Gasteiger charge is -2.34. The molecule has 1 N–H and O–H groups in total. The summed E-state index contributed by atoms with van der Waals surface area (Å²) in [5, 5.41) is 1.65. The van der Waals surface area contributed by atoms with Crippen LogP contribution in [0.2, 0.25) is 0 Å². The topological polar surface area (TPSA) is 66.5 Å². The first-order valence-corrected chi connectivity index (χ1v) is 9.72. The molecule has 3 rings (SSSR count). The Labute approximate surface area is 160 Å². The number of rotatable bonds is 3. The van der Waals surface area contributed by atoms with E-state index in [1.165, 1.54) is 24.3 Å². The molecule has 9 heteroatoms. The van der Waals surface area contributed by atoms with Gasteiger partial charge in [0.15, 0.2) is 0 Å². The summed E-state index contributed by atoms with van der Waals surface area (Å²) in [6, 6.07) is 9.21. The first kappa shape index (κ1) is 19.9. The van der Waals surface area contributed by atoms with Gasteiger partial charge in [-0.15, -0.1) is 0 Å². The van der Waals surface area contributed by atoms with Gasteiger partial charge < -0.3 is 5.32 Å². The van der Waals surface area contributed by atoms with Gasteiger partial charge >= 0.3 is 12.2 Å². The molecule has 5 nitrogen and oxygen atoms in total. The van der Waals surface area contributed by atoms with Crippen LogP contribution in [-0.4, -0.2) is 24.9 Å². The predicted molar refractivity (Wildman–Crippen MR) is 96.8 cm³/mol. The number of nitrogens with one attached hydrogen (secondary N) is 1. The maximum atomic E-state index is 13.2. The standard InChI is InChI=1S/C19H17F3N2O3S/c1-12-3-7-14(8-4-12)16-11-17(19(20,21)22)23-18(25)24(16)28(26,27)15-9-5-13(2)6-10-15/h3-11,16H,1-2H3,(H,23,25). The maximum Gasteiger partial charge on any atom is 0.431 e. The highest BCUT2D eigenvalue weighted by Gasteiger charge is 2.45. The molecule has 0 aliphatic carbocycles. The number of hydrogen-bond acceptors (Lipinski definition) is 3. The third kappa shape index (κ3) is 3.75. The van der Waals surface area contributed by atoms with E-state index in [9.17, 15) is 26.4 Å². The molecular formula is C19H17F3N2O3S. The van der Waals surface area contributed by atoms with Crippen molar-refractivity contribution in [1.82, 2.24) is 9.62 Å². The van der Waals surface area contributed by atoms with Crippen molar-refractivity contribution in [2.45, 2.75) is 31.0 Å². The minimum Gasteiger partial charge on any atom is -0.303 e. The summed E-state index contributed by atoms with van der Waals surface area (Å²) in [5.41, 5.74) is 0.602. The molecule has 1 unspecified atom stereocenters. The van der Waals surface area contributed by atoms with E-state index in [1.54, 1.807) is 43.4 Å². The van der Waals surface area contributed by atoms with Gasteiger partial charge in [0.1, 0.15) is 5.70 Å². The fourth-order valence-electron chi connectivity index (χ4n) is 2.81. The molecule has 148 valence electrons. The van der Waals surface area contributed by atoms with Crippen molar-refractivity contribution in [2.24, 2.45) is 0 Å². The highest BCUT2D eigenvalue weighted by Crippen LogP contribution is 2.36. The van der Waals surface area contributed by atoms with Crippen molar-refractivity contribution < 1.29 is 26.4 Å². The van der Waals surface area contributed by atoms with Gasteiger partial charge in [-0.1, -0.05) is 47.5 Å². The summed E-state index contributed by atoms with van der Waals surface area (Å²) in [5.74, 6) is 0. The minimum absolute atomic E-state index is 0.186. The van der Waals surface area contributed by atoms with Crippen LogP contribution in [0, 0.1) is 13.8 Å². The van der Waals surface area contributed by atoms with E-state index in [4.69, 9.17) is 0 Å². The van der Waals surface area contributed by atoms with Gasteiger partial charge in [-0.25, -0.2) is 17.5 Å². The van der Waals surface area contributed by atoms with E-state index in [1.807, 2.05) is 0 Å². The van der Waals surface area contributed by atoms with Crippen molar-refractivity contribution >= 4 is 16.1 Å². The van der Waals surface area contributed by atoms with Gasteiger partial charge in [-0.05, 0) is 37.6 Å². The number of hydrogen-bond donors (Lipinski definition) is 1. The van der Waals surface area contributed by atoms with Crippen molar-refractivity contribution in [3.63, 3.8) is 0 Å². The van der Waals surface area contributed by atoms with Crippen LogP contribution in [0.1, 0.15) is 22.7 Å². The number of carbonyl (C=O) groups is 1. The van der Waals surface area contributed by atoms with Crippen molar-refractivity contribution in [2.75, 3.05) is 0 Å². The quantitative estimate of drug-likeness (QED) is 0.825. The van der Waals surface area contributed by atoms with E-state index in [-0.39, 0.29) is 10.5 Å². The van der Waals surface area contributed by atoms with Crippen LogP contribution in [0.3, 0.4) is 0 Å². The molecule has 0 saturated heterocycles. The largest absolute Gasteiger partial charge is 0.431 e. The number of benzene rings is 2. The molecule has 28 heavy (non-hydrogen) atoms. The minimum atomic E-state index is -4.82. The van der Waals surface area contributed by atoms with Crippen LogP contribution in [0.15, 0.2) is 65.2 Å². The number of alkyl halides is 3. The fourth-order valence-corrected chi connectivity index (χ4v) is 4.26. The third-order valence-electron chi connectivity index (χ3n) is 4.32. The number of carbonyl (C=O) groups excluding carboxylic acids is 1. The van der Waals surface area contributed by atoms with E-state index in [2.05, 4.69) is 0 Å². The number of urea groups is 1. The van der Waals surface area contributed by atoms with Gasteiger partial charge in [0.05, 0.1) is 10.9 Å². The molecule has 0 bridgehead atoms. The number of nitrogens with zero attached hydrogens (tertiary/aromatic N) is 1. The maximum absolute atomic E-state index is 13.2. The van der Waals surface area contributed by atoms with Crippen LogP contribution in [0.5, 0.6) is 0 Å². The van der Waals surface area contributed by atoms with Crippen molar-refractivity contribution in [1.29, 1.82) is 0 Å². The van der Waals surface area contributed by atoms with Gasteiger partial charge in [0.2, 0.25) is 0 Å². The Kier molecular flexibility index (Phi) is 4.97. The number of halogens is 3. The van der Waals surface area contributed by atoms with Crippen LogP contribution in [0.4, 0.5) is 18.0 Å². The molecule has 1 atom stereocenters.